The molecular weight excluding hydrogens is 306 g/mol. The van der Waals surface area contributed by atoms with Crippen LogP contribution in [0.1, 0.15) is 19.4 Å². The van der Waals surface area contributed by atoms with E-state index < -0.39 is 10.0 Å². The van der Waals surface area contributed by atoms with E-state index in [1.807, 2.05) is 13.8 Å². The number of ether oxygens (including phenoxy) is 3. The van der Waals surface area contributed by atoms with Crippen molar-refractivity contribution in [1.29, 1.82) is 0 Å². The first-order chi connectivity index (χ1) is 10.3. The summed E-state index contributed by atoms with van der Waals surface area (Å²) in [5.41, 5.74) is 0.629. The maximum atomic E-state index is 12.9. The maximum Gasteiger partial charge on any atom is 0.243 e. The highest BCUT2D eigenvalue weighted by molar-refractivity contribution is 7.89. The highest BCUT2D eigenvalue weighted by Crippen LogP contribution is 2.34. The summed E-state index contributed by atoms with van der Waals surface area (Å²) < 4.78 is 43.4. The van der Waals surface area contributed by atoms with Crippen molar-refractivity contribution in [2.45, 2.75) is 37.9 Å². The number of hydrogen-bond donors (Lipinski definition) is 0. The third-order valence-electron chi connectivity index (χ3n) is 3.69. The van der Waals surface area contributed by atoms with Gasteiger partial charge in [0.1, 0.15) is 0 Å². The fourth-order valence-electron chi connectivity index (χ4n) is 2.71. The van der Waals surface area contributed by atoms with Crippen LogP contribution in [0.25, 0.3) is 0 Å². The SMILES string of the molecule is COc1cc(C)c(S(=O)(=O)N2CC(C)OC(C)C2)cc1OC. The summed E-state index contributed by atoms with van der Waals surface area (Å²) in [4.78, 5) is 0.242. The number of morpholine rings is 1. The number of methoxy groups -OCH3 is 2. The monoisotopic (exact) mass is 329 g/mol. The Bertz CT molecular complexity index is 634. The van der Waals surface area contributed by atoms with Crippen LogP contribution in [0.4, 0.5) is 0 Å². The molecule has 1 aliphatic heterocycles. The number of nitrogens with zero attached hydrogens (tertiary/aromatic N) is 1. The van der Waals surface area contributed by atoms with Crippen molar-refractivity contribution >= 4 is 10.0 Å². The Morgan fingerprint density at radius 1 is 1.09 bits per heavy atom. The smallest absolute Gasteiger partial charge is 0.243 e. The molecule has 0 N–H and O–H groups in total. The van der Waals surface area contributed by atoms with E-state index in [-0.39, 0.29) is 17.1 Å². The van der Waals surface area contributed by atoms with Crippen LogP contribution in [-0.4, -0.2) is 52.2 Å². The first kappa shape index (κ1) is 17.1. The summed E-state index contributed by atoms with van der Waals surface area (Å²) in [6.45, 7) is 6.20. The Morgan fingerprint density at radius 2 is 1.59 bits per heavy atom. The minimum absolute atomic E-state index is 0.126. The second-order valence-electron chi connectivity index (χ2n) is 5.55. The Morgan fingerprint density at radius 3 is 2.09 bits per heavy atom. The Hall–Kier alpha value is -1.31. The Labute approximate surface area is 132 Å². The molecule has 6 nitrogen and oxygen atoms in total. The molecule has 7 heteroatoms. The van der Waals surface area contributed by atoms with E-state index in [4.69, 9.17) is 14.2 Å². The normalized spacial score (nSPS) is 23.3. The molecular formula is C15H23NO5S. The lowest BCUT2D eigenvalue weighted by molar-refractivity contribution is -0.0441. The summed E-state index contributed by atoms with van der Waals surface area (Å²) in [5, 5.41) is 0. The molecule has 0 amide bonds. The van der Waals surface area contributed by atoms with Gasteiger partial charge in [0.25, 0.3) is 0 Å². The molecule has 1 saturated heterocycles. The molecule has 2 rings (SSSR count). The van der Waals surface area contributed by atoms with E-state index in [1.54, 1.807) is 13.0 Å². The Kier molecular flexibility index (Phi) is 4.99. The van der Waals surface area contributed by atoms with Crippen LogP contribution in [0.2, 0.25) is 0 Å². The zero-order chi connectivity index (χ0) is 16.5. The lowest BCUT2D eigenvalue weighted by atomic mass is 10.2. The second-order valence-corrected chi connectivity index (χ2v) is 7.46. The summed E-state index contributed by atoms with van der Waals surface area (Å²) in [6, 6.07) is 3.20. The molecule has 0 radical (unpaired) electrons. The summed E-state index contributed by atoms with van der Waals surface area (Å²) in [6.07, 6.45) is -0.252. The fourth-order valence-corrected chi connectivity index (χ4v) is 4.52. The molecule has 0 aliphatic carbocycles. The highest BCUT2D eigenvalue weighted by Gasteiger charge is 2.33. The summed E-state index contributed by atoms with van der Waals surface area (Å²) in [7, 11) is -0.585. The van der Waals surface area contributed by atoms with E-state index in [9.17, 15) is 8.42 Å². The van der Waals surface area contributed by atoms with Gasteiger partial charge < -0.3 is 14.2 Å². The van der Waals surface area contributed by atoms with E-state index in [1.165, 1.54) is 24.6 Å². The van der Waals surface area contributed by atoms with Gasteiger partial charge in [-0.25, -0.2) is 8.42 Å². The predicted octanol–water partition coefficient (Wildman–Crippen LogP) is 1.81. The van der Waals surface area contributed by atoms with E-state index >= 15 is 0 Å². The van der Waals surface area contributed by atoms with Crippen molar-refractivity contribution in [3.63, 3.8) is 0 Å². The molecule has 22 heavy (non-hydrogen) atoms. The minimum atomic E-state index is -3.60. The molecule has 0 saturated carbocycles. The van der Waals surface area contributed by atoms with Gasteiger partial charge in [0, 0.05) is 19.2 Å². The average Bonchev–Trinajstić information content (AvgIpc) is 2.45. The van der Waals surface area contributed by atoms with Crippen molar-refractivity contribution in [3.05, 3.63) is 17.7 Å². The van der Waals surface area contributed by atoms with Crippen molar-refractivity contribution in [2.24, 2.45) is 0 Å². The molecule has 0 bridgehead atoms. The Balaban J connectivity index is 2.45. The number of sulfonamides is 1. The van der Waals surface area contributed by atoms with E-state index in [0.29, 0.717) is 30.2 Å². The van der Waals surface area contributed by atoms with Gasteiger partial charge in [0.15, 0.2) is 11.5 Å². The zero-order valence-corrected chi connectivity index (χ0v) is 14.4. The van der Waals surface area contributed by atoms with E-state index in [0.717, 1.165) is 0 Å². The third kappa shape index (κ3) is 3.21. The van der Waals surface area contributed by atoms with Gasteiger partial charge >= 0.3 is 0 Å². The van der Waals surface area contributed by atoms with Gasteiger partial charge in [-0.05, 0) is 32.4 Å². The average molecular weight is 329 g/mol. The number of rotatable bonds is 4. The largest absolute Gasteiger partial charge is 0.493 e. The third-order valence-corrected chi connectivity index (χ3v) is 5.66. The number of hydrogen-bond acceptors (Lipinski definition) is 5. The van der Waals surface area contributed by atoms with E-state index in [2.05, 4.69) is 0 Å². The van der Waals surface area contributed by atoms with Crippen LogP contribution in [0.5, 0.6) is 11.5 Å². The van der Waals surface area contributed by atoms with Gasteiger partial charge in [0.05, 0.1) is 31.3 Å². The zero-order valence-electron chi connectivity index (χ0n) is 13.6. The molecule has 1 heterocycles. The van der Waals surface area contributed by atoms with Gasteiger partial charge in [-0.2, -0.15) is 4.31 Å². The second kappa shape index (κ2) is 6.44. The van der Waals surface area contributed by atoms with Crippen molar-refractivity contribution in [3.8, 4) is 11.5 Å². The fraction of sp³-hybridized carbons (Fsp3) is 0.600. The van der Waals surface area contributed by atoms with Crippen molar-refractivity contribution < 1.29 is 22.6 Å². The van der Waals surface area contributed by atoms with Crippen molar-refractivity contribution in [2.75, 3.05) is 27.3 Å². The lowest BCUT2D eigenvalue weighted by Crippen LogP contribution is -2.48. The van der Waals surface area contributed by atoms with Crippen LogP contribution in [0.15, 0.2) is 17.0 Å². The van der Waals surface area contributed by atoms with Crippen molar-refractivity contribution in [1.82, 2.24) is 4.31 Å². The number of benzene rings is 1. The van der Waals surface area contributed by atoms with Gasteiger partial charge in [-0.1, -0.05) is 0 Å². The van der Waals surface area contributed by atoms with Gasteiger partial charge in [-0.3, -0.25) is 0 Å². The molecule has 1 aromatic carbocycles. The summed E-state index contributed by atoms with van der Waals surface area (Å²) in [5.74, 6) is 0.920. The lowest BCUT2D eigenvalue weighted by Gasteiger charge is -2.34. The van der Waals surface area contributed by atoms with Gasteiger partial charge in [-0.15, -0.1) is 0 Å². The minimum Gasteiger partial charge on any atom is -0.493 e. The number of aryl methyl sites for hydroxylation is 1. The topological polar surface area (TPSA) is 65.1 Å². The predicted molar refractivity (Wildman–Crippen MR) is 83.1 cm³/mol. The van der Waals surface area contributed by atoms with Crippen LogP contribution >= 0.6 is 0 Å². The standard InChI is InChI=1S/C15H23NO5S/c1-10-6-13(19-4)14(20-5)7-15(10)22(17,18)16-8-11(2)21-12(3)9-16/h6-7,11-12H,8-9H2,1-5H3. The van der Waals surface area contributed by atoms with Gasteiger partial charge in [0.2, 0.25) is 10.0 Å². The molecule has 1 fully saturated rings. The first-order valence-corrected chi connectivity index (χ1v) is 8.61. The molecule has 2 unspecified atom stereocenters. The summed E-state index contributed by atoms with van der Waals surface area (Å²) >= 11 is 0. The van der Waals surface area contributed by atoms with Crippen LogP contribution < -0.4 is 9.47 Å². The van der Waals surface area contributed by atoms with Crippen LogP contribution in [0.3, 0.4) is 0 Å². The molecule has 1 aliphatic rings. The first-order valence-electron chi connectivity index (χ1n) is 7.17. The highest BCUT2D eigenvalue weighted by atomic mass is 32.2. The molecule has 0 aromatic heterocycles. The van der Waals surface area contributed by atoms with Crippen LogP contribution in [0, 0.1) is 6.92 Å². The maximum absolute atomic E-state index is 12.9. The molecule has 1 aromatic rings. The molecule has 0 spiro atoms. The van der Waals surface area contributed by atoms with Crippen LogP contribution in [-0.2, 0) is 14.8 Å². The quantitative estimate of drug-likeness (QED) is 0.843. The molecule has 2 atom stereocenters. The molecule has 124 valence electrons.